The molecule has 1 aromatic heterocycles. The number of carbonyl (C=O) groups is 1. The van der Waals surface area contributed by atoms with Crippen LogP contribution in [0.25, 0.3) is 11.3 Å². The van der Waals surface area contributed by atoms with Gasteiger partial charge in [-0.25, -0.2) is 4.68 Å². The minimum absolute atomic E-state index is 0.114. The Hall–Kier alpha value is -2.43. The Bertz CT molecular complexity index is 705. The minimum Gasteiger partial charge on any atom is -0.497 e. The number of hydrogen-bond acceptors (Lipinski definition) is 4. The highest BCUT2D eigenvalue weighted by atomic mass is 16.5. The van der Waals surface area contributed by atoms with Crippen LogP contribution in [0.5, 0.6) is 5.75 Å². The van der Waals surface area contributed by atoms with Gasteiger partial charge in [-0.2, -0.15) is 5.10 Å². The topological polar surface area (TPSA) is 61.2 Å². The fourth-order valence-electron chi connectivity index (χ4n) is 2.04. The Morgan fingerprint density at radius 3 is 2.71 bits per heavy atom. The number of ether oxygens (including phenoxy) is 1. The Balaban J connectivity index is 2.57. The molecule has 0 radical (unpaired) electrons. The molecule has 0 spiro atoms. The normalized spacial score (nSPS) is 10.7. The standard InChI is InChI=1S/C16H18N2O3/c1-11(2)9-18-16(20)13(10-19)8-15(17-18)12-5-4-6-14(7-12)21-3/h4-8,10-11H,9H2,1-3H3. The third kappa shape index (κ3) is 3.37. The Morgan fingerprint density at radius 1 is 1.33 bits per heavy atom. The third-order valence-corrected chi connectivity index (χ3v) is 3.03. The molecule has 0 bridgehead atoms. The summed E-state index contributed by atoms with van der Waals surface area (Å²) < 4.78 is 6.54. The molecule has 21 heavy (non-hydrogen) atoms. The van der Waals surface area contributed by atoms with Crippen molar-refractivity contribution in [2.75, 3.05) is 7.11 Å². The van der Waals surface area contributed by atoms with Gasteiger partial charge in [-0.3, -0.25) is 9.59 Å². The molecule has 0 saturated heterocycles. The van der Waals surface area contributed by atoms with Gasteiger partial charge in [-0.05, 0) is 24.1 Å². The Labute approximate surface area is 123 Å². The summed E-state index contributed by atoms with van der Waals surface area (Å²) in [6, 6.07) is 8.87. The molecule has 0 saturated carbocycles. The van der Waals surface area contributed by atoms with E-state index in [4.69, 9.17) is 4.74 Å². The van der Waals surface area contributed by atoms with Crippen molar-refractivity contribution in [2.45, 2.75) is 20.4 Å². The molecule has 110 valence electrons. The van der Waals surface area contributed by atoms with Crippen molar-refractivity contribution in [1.29, 1.82) is 0 Å². The first-order valence-corrected chi connectivity index (χ1v) is 6.77. The predicted molar refractivity (Wildman–Crippen MR) is 80.7 cm³/mol. The van der Waals surface area contributed by atoms with Gasteiger partial charge in [0, 0.05) is 12.1 Å². The molecule has 0 aliphatic heterocycles. The highest BCUT2D eigenvalue weighted by Gasteiger charge is 2.11. The third-order valence-electron chi connectivity index (χ3n) is 3.03. The molecule has 0 atom stereocenters. The number of methoxy groups -OCH3 is 1. The summed E-state index contributed by atoms with van der Waals surface area (Å²) >= 11 is 0. The van der Waals surface area contributed by atoms with Crippen molar-refractivity contribution in [3.63, 3.8) is 0 Å². The van der Waals surface area contributed by atoms with Crippen LogP contribution in [0.4, 0.5) is 0 Å². The summed E-state index contributed by atoms with van der Waals surface area (Å²) in [5, 5.41) is 4.36. The van der Waals surface area contributed by atoms with Crippen LogP contribution in [0.1, 0.15) is 24.2 Å². The number of nitrogens with zero attached hydrogens (tertiary/aromatic N) is 2. The van der Waals surface area contributed by atoms with E-state index in [-0.39, 0.29) is 17.0 Å². The average molecular weight is 286 g/mol. The van der Waals surface area contributed by atoms with E-state index in [1.54, 1.807) is 7.11 Å². The van der Waals surface area contributed by atoms with Gasteiger partial charge in [0.15, 0.2) is 6.29 Å². The molecule has 5 heteroatoms. The Morgan fingerprint density at radius 2 is 2.10 bits per heavy atom. The number of benzene rings is 1. The molecule has 0 N–H and O–H groups in total. The molecule has 1 aromatic carbocycles. The maximum atomic E-state index is 12.1. The highest BCUT2D eigenvalue weighted by molar-refractivity contribution is 5.77. The van der Waals surface area contributed by atoms with Crippen LogP contribution in [0.3, 0.4) is 0 Å². The molecule has 2 aromatic rings. The van der Waals surface area contributed by atoms with Gasteiger partial charge in [0.05, 0.1) is 18.4 Å². The molecule has 0 amide bonds. The molecule has 0 aliphatic rings. The molecule has 0 aliphatic carbocycles. The quantitative estimate of drug-likeness (QED) is 0.792. The van der Waals surface area contributed by atoms with E-state index in [0.29, 0.717) is 24.3 Å². The fourth-order valence-corrected chi connectivity index (χ4v) is 2.04. The first-order valence-electron chi connectivity index (χ1n) is 6.77. The van der Waals surface area contributed by atoms with Crippen molar-refractivity contribution in [1.82, 2.24) is 9.78 Å². The molecule has 1 heterocycles. The largest absolute Gasteiger partial charge is 0.497 e. The van der Waals surface area contributed by atoms with Crippen LogP contribution in [0.15, 0.2) is 35.1 Å². The molecule has 5 nitrogen and oxygen atoms in total. The van der Waals surface area contributed by atoms with Crippen LogP contribution >= 0.6 is 0 Å². The lowest BCUT2D eigenvalue weighted by Gasteiger charge is -2.11. The average Bonchev–Trinajstić information content (AvgIpc) is 2.49. The van der Waals surface area contributed by atoms with E-state index >= 15 is 0 Å². The van der Waals surface area contributed by atoms with Crippen LogP contribution in [-0.4, -0.2) is 23.2 Å². The van der Waals surface area contributed by atoms with Crippen molar-refractivity contribution < 1.29 is 9.53 Å². The van der Waals surface area contributed by atoms with Crippen molar-refractivity contribution in [2.24, 2.45) is 5.92 Å². The maximum Gasteiger partial charge on any atom is 0.277 e. The lowest BCUT2D eigenvalue weighted by Crippen LogP contribution is -2.28. The number of hydrogen-bond donors (Lipinski definition) is 0. The van der Waals surface area contributed by atoms with E-state index < -0.39 is 0 Å². The van der Waals surface area contributed by atoms with Crippen LogP contribution in [0, 0.1) is 5.92 Å². The van der Waals surface area contributed by atoms with E-state index in [2.05, 4.69) is 5.10 Å². The first kappa shape index (κ1) is 15.0. The molecule has 0 unspecified atom stereocenters. The number of aromatic nitrogens is 2. The van der Waals surface area contributed by atoms with Crippen LogP contribution < -0.4 is 10.3 Å². The first-order chi connectivity index (χ1) is 10.0. The van der Waals surface area contributed by atoms with Gasteiger partial charge in [-0.15, -0.1) is 0 Å². The predicted octanol–water partition coefficient (Wildman–Crippen LogP) is 2.39. The van der Waals surface area contributed by atoms with Gasteiger partial charge in [0.1, 0.15) is 5.75 Å². The van der Waals surface area contributed by atoms with Crippen LogP contribution in [0.2, 0.25) is 0 Å². The second-order valence-electron chi connectivity index (χ2n) is 5.22. The van der Waals surface area contributed by atoms with Crippen molar-refractivity contribution >= 4 is 6.29 Å². The SMILES string of the molecule is COc1cccc(-c2cc(C=O)c(=O)n(CC(C)C)n2)c1. The summed E-state index contributed by atoms with van der Waals surface area (Å²) in [5.41, 5.74) is 1.14. The smallest absolute Gasteiger partial charge is 0.277 e. The molecule has 2 rings (SSSR count). The second kappa shape index (κ2) is 6.35. The van der Waals surface area contributed by atoms with E-state index in [9.17, 15) is 9.59 Å². The zero-order valence-corrected chi connectivity index (χ0v) is 12.4. The van der Waals surface area contributed by atoms with Gasteiger partial charge >= 0.3 is 0 Å². The number of carbonyl (C=O) groups excluding carboxylic acids is 1. The van der Waals surface area contributed by atoms with E-state index in [1.165, 1.54) is 10.7 Å². The lowest BCUT2D eigenvalue weighted by molar-refractivity contribution is 0.112. The highest BCUT2D eigenvalue weighted by Crippen LogP contribution is 2.21. The molecule has 0 fully saturated rings. The van der Waals surface area contributed by atoms with Crippen LogP contribution in [-0.2, 0) is 6.54 Å². The van der Waals surface area contributed by atoms with Crippen molar-refractivity contribution in [3.05, 3.63) is 46.2 Å². The van der Waals surface area contributed by atoms with Gasteiger partial charge in [0.2, 0.25) is 0 Å². The lowest BCUT2D eigenvalue weighted by atomic mass is 10.1. The summed E-state index contributed by atoms with van der Waals surface area (Å²) in [6.45, 7) is 4.46. The fraction of sp³-hybridized carbons (Fsp3) is 0.312. The summed E-state index contributed by atoms with van der Waals surface area (Å²) in [6.07, 6.45) is 0.574. The monoisotopic (exact) mass is 286 g/mol. The Kier molecular flexibility index (Phi) is 4.52. The number of rotatable bonds is 5. The minimum atomic E-state index is -0.356. The molecular weight excluding hydrogens is 268 g/mol. The van der Waals surface area contributed by atoms with Gasteiger partial charge < -0.3 is 4.74 Å². The number of aldehydes is 1. The summed E-state index contributed by atoms with van der Waals surface area (Å²) in [4.78, 5) is 23.2. The van der Waals surface area contributed by atoms with Gasteiger partial charge in [0.25, 0.3) is 5.56 Å². The maximum absolute atomic E-state index is 12.1. The second-order valence-corrected chi connectivity index (χ2v) is 5.22. The molecular formula is C16H18N2O3. The zero-order valence-electron chi connectivity index (χ0n) is 12.4. The van der Waals surface area contributed by atoms with E-state index in [1.807, 2.05) is 38.1 Å². The van der Waals surface area contributed by atoms with Gasteiger partial charge in [-0.1, -0.05) is 26.0 Å². The summed E-state index contributed by atoms with van der Waals surface area (Å²) in [7, 11) is 1.59. The zero-order chi connectivity index (χ0) is 15.4. The summed E-state index contributed by atoms with van der Waals surface area (Å²) in [5.74, 6) is 0.957. The van der Waals surface area contributed by atoms with Crippen molar-refractivity contribution in [3.8, 4) is 17.0 Å². The van der Waals surface area contributed by atoms with E-state index in [0.717, 1.165) is 5.56 Å².